The lowest BCUT2D eigenvalue weighted by Gasteiger charge is -2.15. The molecule has 5 nitrogen and oxygen atoms in total. The van der Waals surface area contributed by atoms with Crippen molar-refractivity contribution < 1.29 is 17.4 Å². The predicted molar refractivity (Wildman–Crippen MR) is 59.2 cm³/mol. The van der Waals surface area contributed by atoms with Gasteiger partial charge in [-0.1, -0.05) is 30.3 Å². The van der Waals surface area contributed by atoms with Crippen LogP contribution in [0.3, 0.4) is 0 Å². The quantitative estimate of drug-likeness (QED) is 0.581. The molecule has 0 bridgehead atoms. The molecular weight excluding hydrogens is 230 g/mol. The summed E-state index contributed by atoms with van der Waals surface area (Å²) >= 11 is 0. The first-order valence-corrected chi connectivity index (χ1v) is 6.43. The molecule has 88 valence electrons. The summed E-state index contributed by atoms with van der Waals surface area (Å²) in [6.45, 7) is -0.110. The van der Waals surface area contributed by atoms with E-state index in [1.165, 1.54) is 0 Å². The highest BCUT2D eigenvalue weighted by Crippen LogP contribution is 2.12. The summed E-state index contributed by atoms with van der Waals surface area (Å²) in [7, 11) is -3.50. The van der Waals surface area contributed by atoms with Gasteiger partial charge in [-0.2, -0.15) is 8.42 Å². The standard InChI is InChI=1S/C10H13NO4S/c1-16(13,14)15-7-10(11-8-12)9-5-3-2-4-6-9/h2-6,8,10H,7H2,1H3,(H,11,12)/t10-/m0/s1. The second-order valence-corrected chi connectivity index (χ2v) is 4.88. The van der Waals surface area contributed by atoms with Crippen molar-refractivity contribution in [1.82, 2.24) is 5.32 Å². The first-order chi connectivity index (χ1) is 7.53. The Morgan fingerprint density at radius 1 is 1.38 bits per heavy atom. The lowest BCUT2D eigenvalue weighted by molar-refractivity contribution is -0.110. The molecule has 0 radical (unpaired) electrons. The van der Waals surface area contributed by atoms with Crippen molar-refractivity contribution in [1.29, 1.82) is 0 Å². The van der Waals surface area contributed by atoms with E-state index in [1.54, 1.807) is 24.3 Å². The first kappa shape index (κ1) is 12.7. The van der Waals surface area contributed by atoms with Gasteiger partial charge in [-0.3, -0.25) is 8.98 Å². The van der Waals surface area contributed by atoms with Crippen molar-refractivity contribution in [3.8, 4) is 0 Å². The highest BCUT2D eigenvalue weighted by molar-refractivity contribution is 7.85. The van der Waals surface area contributed by atoms with Crippen LogP contribution in [0.2, 0.25) is 0 Å². The Kier molecular flexibility index (Phi) is 4.45. The molecule has 1 aromatic carbocycles. The highest BCUT2D eigenvalue weighted by atomic mass is 32.2. The van der Waals surface area contributed by atoms with Gasteiger partial charge in [-0.15, -0.1) is 0 Å². The van der Waals surface area contributed by atoms with Crippen molar-refractivity contribution >= 4 is 16.5 Å². The highest BCUT2D eigenvalue weighted by Gasteiger charge is 2.13. The molecule has 0 aliphatic heterocycles. The molecule has 0 aliphatic rings. The zero-order chi connectivity index (χ0) is 12.0. The Hall–Kier alpha value is -1.40. The van der Waals surface area contributed by atoms with Gasteiger partial charge in [0.15, 0.2) is 0 Å². The van der Waals surface area contributed by atoms with E-state index in [-0.39, 0.29) is 6.61 Å². The second-order valence-electron chi connectivity index (χ2n) is 3.24. The van der Waals surface area contributed by atoms with E-state index >= 15 is 0 Å². The van der Waals surface area contributed by atoms with Gasteiger partial charge in [0.1, 0.15) is 0 Å². The third kappa shape index (κ3) is 4.41. The number of rotatable bonds is 6. The Bertz CT molecular complexity index is 429. The number of carbonyl (C=O) groups excluding carboxylic acids is 1. The van der Waals surface area contributed by atoms with E-state index in [2.05, 4.69) is 9.50 Å². The van der Waals surface area contributed by atoms with Crippen LogP contribution in [0.25, 0.3) is 0 Å². The molecule has 1 amide bonds. The van der Waals surface area contributed by atoms with Gasteiger partial charge in [0, 0.05) is 0 Å². The number of hydrogen-bond acceptors (Lipinski definition) is 4. The fourth-order valence-corrected chi connectivity index (χ4v) is 1.58. The molecular formula is C10H13NO4S. The van der Waals surface area contributed by atoms with E-state index in [4.69, 9.17) is 0 Å². The second kappa shape index (κ2) is 5.62. The monoisotopic (exact) mass is 243 g/mol. The SMILES string of the molecule is CS(=O)(=O)OC[C@H](NC=O)c1ccccc1. The molecule has 1 N–H and O–H groups in total. The Morgan fingerprint density at radius 2 is 2.00 bits per heavy atom. The number of amides is 1. The zero-order valence-corrected chi connectivity index (χ0v) is 9.61. The van der Waals surface area contributed by atoms with Crippen molar-refractivity contribution in [2.45, 2.75) is 6.04 Å². The molecule has 1 aromatic rings. The minimum Gasteiger partial charge on any atom is -0.349 e. The third-order valence-corrected chi connectivity index (χ3v) is 2.48. The molecule has 0 fully saturated rings. The van der Waals surface area contributed by atoms with E-state index in [9.17, 15) is 13.2 Å². The van der Waals surface area contributed by atoms with Crippen molar-refractivity contribution in [2.24, 2.45) is 0 Å². The minimum absolute atomic E-state index is 0.110. The molecule has 0 saturated carbocycles. The van der Waals surface area contributed by atoms with Crippen LogP contribution < -0.4 is 5.32 Å². The maximum absolute atomic E-state index is 10.8. The molecule has 0 saturated heterocycles. The predicted octanol–water partition coefficient (Wildman–Crippen LogP) is 0.450. The zero-order valence-electron chi connectivity index (χ0n) is 8.79. The summed E-state index contributed by atoms with van der Waals surface area (Å²) in [4.78, 5) is 10.4. The number of benzene rings is 1. The fourth-order valence-electron chi connectivity index (χ4n) is 1.20. The molecule has 0 spiro atoms. The summed E-state index contributed by atoms with van der Waals surface area (Å²) in [6.07, 6.45) is 1.49. The smallest absolute Gasteiger partial charge is 0.264 e. The van der Waals surface area contributed by atoms with E-state index in [0.717, 1.165) is 11.8 Å². The molecule has 0 aliphatic carbocycles. The molecule has 0 unspecified atom stereocenters. The van der Waals surface area contributed by atoms with Crippen LogP contribution in [-0.4, -0.2) is 27.7 Å². The van der Waals surface area contributed by atoms with Crippen LogP contribution in [-0.2, 0) is 19.1 Å². The topological polar surface area (TPSA) is 72.5 Å². The fraction of sp³-hybridized carbons (Fsp3) is 0.300. The van der Waals surface area contributed by atoms with Gasteiger partial charge in [-0.05, 0) is 5.56 Å². The first-order valence-electron chi connectivity index (χ1n) is 4.62. The van der Waals surface area contributed by atoms with E-state index < -0.39 is 16.2 Å². The van der Waals surface area contributed by atoms with Gasteiger partial charge in [0.05, 0.1) is 18.9 Å². The van der Waals surface area contributed by atoms with Crippen LogP contribution in [0.15, 0.2) is 30.3 Å². The molecule has 0 aromatic heterocycles. The van der Waals surface area contributed by atoms with Gasteiger partial charge >= 0.3 is 0 Å². The molecule has 0 heterocycles. The van der Waals surface area contributed by atoms with E-state index in [1.807, 2.05) is 6.07 Å². The Morgan fingerprint density at radius 3 is 2.50 bits per heavy atom. The van der Waals surface area contributed by atoms with Crippen molar-refractivity contribution in [3.05, 3.63) is 35.9 Å². The normalized spacial score (nSPS) is 13.1. The Labute approximate surface area is 94.6 Å². The van der Waals surface area contributed by atoms with Gasteiger partial charge < -0.3 is 5.32 Å². The minimum atomic E-state index is -3.50. The van der Waals surface area contributed by atoms with Crippen molar-refractivity contribution in [2.75, 3.05) is 12.9 Å². The summed E-state index contributed by atoms with van der Waals surface area (Å²) in [5, 5.41) is 2.50. The van der Waals surface area contributed by atoms with E-state index in [0.29, 0.717) is 6.41 Å². The van der Waals surface area contributed by atoms with Gasteiger partial charge in [0.25, 0.3) is 10.1 Å². The Balaban J connectivity index is 2.72. The van der Waals surface area contributed by atoms with Crippen LogP contribution in [0, 0.1) is 0 Å². The summed E-state index contributed by atoms with van der Waals surface area (Å²) in [6, 6.07) is 8.54. The molecule has 1 rings (SSSR count). The van der Waals surface area contributed by atoms with Gasteiger partial charge in [-0.25, -0.2) is 0 Å². The van der Waals surface area contributed by atoms with Crippen LogP contribution in [0.5, 0.6) is 0 Å². The maximum Gasteiger partial charge on any atom is 0.264 e. The largest absolute Gasteiger partial charge is 0.349 e. The molecule has 6 heteroatoms. The average molecular weight is 243 g/mol. The number of carbonyl (C=O) groups is 1. The van der Waals surface area contributed by atoms with Crippen LogP contribution >= 0.6 is 0 Å². The van der Waals surface area contributed by atoms with Crippen molar-refractivity contribution in [3.63, 3.8) is 0 Å². The lowest BCUT2D eigenvalue weighted by Crippen LogP contribution is -2.25. The maximum atomic E-state index is 10.8. The summed E-state index contributed by atoms with van der Waals surface area (Å²) in [5.74, 6) is 0. The van der Waals surface area contributed by atoms with Gasteiger partial charge in [0.2, 0.25) is 6.41 Å². The molecule has 1 atom stereocenters. The summed E-state index contributed by atoms with van der Waals surface area (Å²) < 4.78 is 26.3. The summed E-state index contributed by atoms with van der Waals surface area (Å²) in [5.41, 5.74) is 0.790. The third-order valence-electron chi connectivity index (χ3n) is 1.92. The van der Waals surface area contributed by atoms with Crippen LogP contribution in [0.1, 0.15) is 11.6 Å². The average Bonchev–Trinajstić information content (AvgIpc) is 2.24. The van der Waals surface area contributed by atoms with Crippen LogP contribution in [0.4, 0.5) is 0 Å². The number of hydrogen-bond donors (Lipinski definition) is 1. The lowest BCUT2D eigenvalue weighted by atomic mass is 10.1. The number of nitrogens with one attached hydrogen (secondary N) is 1. The molecule has 16 heavy (non-hydrogen) atoms.